The number of hydrogen-bond donors (Lipinski definition) is 3. The molecule has 2 aromatic heterocycles. The molecular formula is C19H19N5O5S. The van der Waals surface area contributed by atoms with E-state index in [9.17, 15) is 8.42 Å². The average molecular weight is 429 g/mol. The molecule has 4 aromatic rings. The maximum absolute atomic E-state index is 13.0. The van der Waals surface area contributed by atoms with Gasteiger partial charge in [0, 0.05) is 12.1 Å². The Bertz CT molecular complexity index is 1300. The molecule has 0 amide bonds. The molecule has 11 heteroatoms. The number of aromatic nitrogens is 3. The molecule has 2 aromatic carbocycles. The molecule has 4 rings (SSSR count). The van der Waals surface area contributed by atoms with Gasteiger partial charge in [0.15, 0.2) is 11.4 Å². The fourth-order valence-corrected chi connectivity index (χ4v) is 4.22. The zero-order valence-electron chi connectivity index (χ0n) is 16.4. The highest BCUT2D eigenvalue weighted by Gasteiger charge is 2.23. The second kappa shape index (κ2) is 7.59. The lowest BCUT2D eigenvalue weighted by Gasteiger charge is -2.12. The van der Waals surface area contributed by atoms with Gasteiger partial charge in [-0.2, -0.15) is 5.10 Å². The molecule has 0 bridgehead atoms. The zero-order valence-corrected chi connectivity index (χ0v) is 17.2. The summed E-state index contributed by atoms with van der Waals surface area (Å²) in [4.78, 5) is 0.00523. The Morgan fingerprint density at radius 2 is 1.87 bits per heavy atom. The van der Waals surface area contributed by atoms with E-state index >= 15 is 0 Å². The van der Waals surface area contributed by atoms with Gasteiger partial charge >= 0.3 is 0 Å². The van der Waals surface area contributed by atoms with Crippen molar-refractivity contribution in [3.63, 3.8) is 0 Å². The van der Waals surface area contributed by atoms with Crippen molar-refractivity contribution >= 4 is 38.3 Å². The normalized spacial score (nSPS) is 11.4. The molecule has 0 fully saturated rings. The Labute approximate surface area is 172 Å². The first-order valence-electron chi connectivity index (χ1n) is 8.82. The Kier molecular flexibility index (Phi) is 4.96. The quantitative estimate of drug-likeness (QED) is 0.407. The fourth-order valence-electron chi connectivity index (χ4n) is 2.95. The Hall–Kier alpha value is -3.73. The number of rotatable bonds is 7. The highest BCUT2D eigenvalue weighted by molar-refractivity contribution is 7.92. The lowest BCUT2D eigenvalue weighted by Crippen LogP contribution is -2.14. The summed E-state index contributed by atoms with van der Waals surface area (Å²) in [6, 6.07) is 9.93. The van der Waals surface area contributed by atoms with Gasteiger partial charge in [-0.3, -0.25) is 9.82 Å². The topological polar surface area (TPSA) is 131 Å². The van der Waals surface area contributed by atoms with E-state index < -0.39 is 10.0 Å². The van der Waals surface area contributed by atoms with Crippen molar-refractivity contribution in [1.29, 1.82) is 0 Å². The number of hydrogen-bond acceptors (Lipinski definition) is 8. The zero-order chi connectivity index (χ0) is 21.3. The summed E-state index contributed by atoms with van der Waals surface area (Å²) in [6.45, 7) is 1.79. The van der Waals surface area contributed by atoms with Crippen LogP contribution in [0.3, 0.4) is 0 Å². The molecule has 0 saturated carbocycles. The van der Waals surface area contributed by atoms with Crippen LogP contribution in [-0.2, 0) is 10.0 Å². The molecule has 0 spiro atoms. The molecule has 3 N–H and O–H groups in total. The third-order valence-corrected chi connectivity index (χ3v) is 5.76. The van der Waals surface area contributed by atoms with E-state index in [1.807, 2.05) is 0 Å². The lowest BCUT2D eigenvalue weighted by atomic mass is 10.2. The van der Waals surface area contributed by atoms with Gasteiger partial charge in [-0.05, 0) is 30.7 Å². The largest absolute Gasteiger partial charge is 0.495 e. The van der Waals surface area contributed by atoms with Crippen LogP contribution < -0.4 is 19.5 Å². The van der Waals surface area contributed by atoms with Gasteiger partial charge in [0.25, 0.3) is 10.0 Å². The van der Waals surface area contributed by atoms with E-state index in [1.54, 1.807) is 43.5 Å². The van der Waals surface area contributed by atoms with Crippen molar-refractivity contribution in [2.75, 3.05) is 24.3 Å². The van der Waals surface area contributed by atoms with Crippen molar-refractivity contribution in [3.8, 4) is 11.5 Å². The summed E-state index contributed by atoms with van der Waals surface area (Å²) in [5.41, 5.74) is 1.74. The summed E-state index contributed by atoms with van der Waals surface area (Å²) in [6.07, 6.45) is 1.61. The third kappa shape index (κ3) is 3.62. The number of nitrogens with one attached hydrogen (secondary N) is 3. The first kappa shape index (κ1) is 19.6. The van der Waals surface area contributed by atoms with Crippen molar-refractivity contribution in [1.82, 2.24) is 15.4 Å². The summed E-state index contributed by atoms with van der Waals surface area (Å²) >= 11 is 0. The SMILES string of the molecule is COc1cc2c(NS(=O)(=O)c3cc(C)ccc3OC)noc2cc1Nc1ccn[nH]1. The number of fused-ring (bicyclic) bond motifs is 1. The monoisotopic (exact) mass is 429 g/mol. The van der Waals surface area contributed by atoms with Gasteiger partial charge in [-0.15, -0.1) is 0 Å². The molecule has 0 radical (unpaired) electrons. The van der Waals surface area contributed by atoms with E-state index in [4.69, 9.17) is 14.0 Å². The Morgan fingerprint density at radius 1 is 1.07 bits per heavy atom. The first-order valence-corrected chi connectivity index (χ1v) is 10.3. The number of ether oxygens (including phenoxy) is 2. The number of nitrogens with zero attached hydrogens (tertiary/aromatic N) is 2. The minimum absolute atomic E-state index is 0.00523. The molecule has 0 aliphatic heterocycles. The number of anilines is 3. The molecule has 0 aliphatic carbocycles. The van der Waals surface area contributed by atoms with Crippen molar-refractivity contribution < 1.29 is 22.4 Å². The van der Waals surface area contributed by atoms with Crippen LogP contribution in [0.2, 0.25) is 0 Å². The molecule has 0 atom stereocenters. The van der Waals surface area contributed by atoms with Gasteiger partial charge < -0.3 is 19.3 Å². The summed E-state index contributed by atoms with van der Waals surface area (Å²) in [5, 5.41) is 14.1. The predicted octanol–water partition coefficient (Wildman–Crippen LogP) is 3.42. The maximum atomic E-state index is 13.0. The summed E-state index contributed by atoms with van der Waals surface area (Å²) in [7, 11) is -1.06. The molecule has 0 saturated heterocycles. The third-order valence-electron chi connectivity index (χ3n) is 4.40. The Balaban J connectivity index is 1.72. The lowest BCUT2D eigenvalue weighted by molar-refractivity contribution is 0.402. The number of aromatic amines is 1. The van der Waals surface area contributed by atoms with Crippen LogP contribution in [0.4, 0.5) is 17.3 Å². The first-order chi connectivity index (χ1) is 14.4. The highest BCUT2D eigenvalue weighted by Crippen LogP contribution is 2.36. The number of benzene rings is 2. The highest BCUT2D eigenvalue weighted by atomic mass is 32.2. The van der Waals surface area contributed by atoms with Gasteiger partial charge in [0.2, 0.25) is 0 Å². The van der Waals surface area contributed by atoms with Gasteiger partial charge in [0.05, 0.1) is 31.5 Å². The number of sulfonamides is 1. The van der Waals surface area contributed by atoms with Crippen LogP contribution in [0.15, 0.2) is 52.0 Å². The maximum Gasteiger partial charge on any atom is 0.266 e. The van der Waals surface area contributed by atoms with Crippen LogP contribution >= 0.6 is 0 Å². The molecule has 0 aliphatic rings. The molecule has 2 heterocycles. The van der Waals surface area contributed by atoms with Crippen molar-refractivity contribution in [2.24, 2.45) is 0 Å². The standard InChI is InChI=1S/C19H19N5O5S/c1-11-4-5-14(27-2)17(8-11)30(25,26)24-19-12-9-16(28-3)13(10-15(12)29-23-19)21-18-6-7-20-22-18/h4-10H,1-3H3,(H,23,24)(H2,20,21,22). The second-order valence-corrected chi connectivity index (χ2v) is 8.09. The number of H-pyrrole nitrogens is 1. The fraction of sp³-hybridized carbons (Fsp3) is 0.158. The van der Waals surface area contributed by atoms with Gasteiger partial charge in [-0.1, -0.05) is 11.2 Å². The van der Waals surface area contributed by atoms with Crippen LogP contribution in [0.25, 0.3) is 11.0 Å². The molecule has 0 unspecified atom stereocenters. The van der Waals surface area contributed by atoms with Crippen LogP contribution in [-0.4, -0.2) is 38.0 Å². The van der Waals surface area contributed by atoms with Crippen LogP contribution in [0, 0.1) is 6.92 Å². The van der Waals surface area contributed by atoms with Crippen LogP contribution in [0.5, 0.6) is 11.5 Å². The smallest absolute Gasteiger partial charge is 0.266 e. The summed E-state index contributed by atoms with van der Waals surface area (Å²) in [5.74, 6) is 1.39. The molecular weight excluding hydrogens is 410 g/mol. The van der Waals surface area contributed by atoms with E-state index in [-0.39, 0.29) is 16.5 Å². The summed E-state index contributed by atoms with van der Waals surface area (Å²) < 4.78 is 44.4. The minimum atomic E-state index is -3.98. The van der Waals surface area contributed by atoms with E-state index in [1.165, 1.54) is 20.3 Å². The molecule has 156 valence electrons. The number of aryl methyl sites for hydroxylation is 1. The van der Waals surface area contributed by atoms with Gasteiger partial charge in [0.1, 0.15) is 22.2 Å². The number of methoxy groups -OCH3 is 2. The van der Waals surface area contributed by atoms with Crippen LogP contribution in [0.1, 0.15) is 5.56 Å². The van der Waals surface area contributed by atoms with E-state index in [0.29, 0.717) is 28.2 Å². The van der Waals surface area contributed by atoms with Crippen molar-refractivity contribution in [3.05, 3.63) is 48.2 Å². The Morgan fingerprint density at radius 3 is 2.57 bits per heavy atom. The molecule has 30 heavy (non-hydrogen) atoms. The predicted molar refractivity (Wildman–Crippen MR) is 111 cm³/mol. The molecule has 10 nitrogen and oxygen atoms in total. The van der Waals surface area contributed by atoms with Crippen molar-refractivity contribution in [2.45, 2.75) is 11.8 Å². The van der Waals surface area contributed by atoms with Gasteiger partial charge in [-0.25, -0.2) is 8.42 Å². The second-order valence-electron chi connectivity index (χ2n) is 6.43. The van der Waals surface area contributed by atoms with E-state index in [2.05, 4.69) is 25.4 Å². The van der Waals surface area contributed by atoms with E-state index in [0.717, 1.165) is 5.56 Å². The minimum Gasteiger partial charge on any atom is -0.495 e. The average Bonchev–Trinajstić information content (AvgIpc) is 3.37.